The van der Waals surface area contributed by atoms with Crippen molar-refractivity contribution in [3.05, 3.63) is 90.3 Å². The topological polar surface area (TPSA) is 96.3 Å². The smallest absolute Gasteiger partial charge is 0.145 e. The minimum absolute atomic E-state index is 0. The van der Waals surface area contributed by atoms with Gasteiger partial charge in [-0.2, -0.15) is 0 Å². The summed E-state index contributed by atoms with van der Waals surface area (Å²) >= 11 is 0. The maximum Gasteiger partial charge on any atom is 0.145 e. The summed E-state index contributed by atoms with van der Waals surface area (Å²) in [7, 11) is 0. The van der Waals surface area contributed by atoms with E-state index in [-0.39, 0.29) is 5.48 Å². The molecule has 3 aromatic rings. The molecule has 0 spiro atoms. The predicted molar refractivity (Wildman–Crippen MR) is 82.3 cm³/mol. The third-order valence-electron chi connectivity index (χ3n) is 3.68. The van der Waals surface area contributed by atoms with Gasteiger partial charge in [0.15, 0.2) is 0 Å². The van der Waals surface area contributed by atoms with E-state index in [0.717, 1.165) is 17.1 Å². The molecule has 0 atom stereocenters. The lowest BCUT2D eigenvalue weighted by Crippen LogP contribution is -2.61. The quantitative estimate of drug-likeness (QED) is 0.783. The van der Waals surface area contributed by atoms with Gasteiger partial charge >= 0.3 is 0 Å². The molecular formula is C17H18N4O. The van der Waals surface area contributed by atoms with Gasteiger partial charge in [0.25, 0.3) is 0 Å². The highest BCUT2D eigenvalue weighted by atomic mass is 16.0. The Morgan fingerprint density at radius 3 is 1.27 bits per heavy atom. The van der Waals surface area contributed by atoms with E-state index in [9.17, 15) is 0 Å². The van der Waals surface area contributed by atoms with Crippen molar-refractivity contribution in [1.82, 2.24) is 15.0 Å². The largest absolute Gasteiger partial charge is 0.870 e. The Morgan fingerprint density at radius 1 is 0.682 bits per heavy atom. The molecule has 22 heavy (non-hydrogen) atoms. The van der Waals surface area contributed by atoms with Crippen LogP contribution in [-0.2, 0) is 5.41 Å². The van der Waals surface area contributed by atoms with Crippen LogP contribution in [0.1, 0.15) is 17.1 Å². The lowest BCUT2D eigenvalue weighted by molar-refractivity contribution is -0.377. The fraction of sp³-hybridized carbons (Fsp3) is 0.118. The molecule has 0 saturated heterocycles. The summed E-state index contributed by atoms with van der Waals surface area (Å²) in [6.45, 7) is 0.595. The number of hydrogen-bond donors (Lipinski definition) is 1. The van der Waals surface area contributed by atoms with Gasteiger partial charge in [0.2, 0.25) is 0 Å². The van der Waals surface area contributed by atoms with Crippen molar-refractivity contribution >= 4 is 0 Å². The highest BCUT2D eigenvalue weighted by molar-refractivity contribution is 5.42. The molecule has 0 radical (unpaired) electrons. The van der Waals surface area contributed by atoms with Crippen molar-refractivity contribution < 1.29 is 11.2 Å². The summed E-state index contributed by atoms with van der Waals surface area (Å²) < 4.78 is 0. The average Bonchev–Trinajstić information content (AvgIpc) is 2.59. The van der Waals surface area contributed by atoms with E-state index >= 15 is 0 Å². The highest BCUT2D eigenvalue weighted by Crippen LogP contribution is 2.34. The third-order valence-corrected chi connectivity index (χ3v) is 3.68. The molecule has 4 N–H and O–H groups in total. The van der Waals surface area contributed by atoms with Gasteiger partial charge in [-0.05, 0) is 36.4 Å². The van der Waals surface area contributed by atoms with Gasteiger partial charge < -0.3 is 11.2 Å². The van der Waals surface area contributed by atoms with E-state index in [0.29, 0.717) is 6.54 Å². The van der Waals surface area contributed by atoms with Crippen LogP contribution in [-0.4, -0.2) is 27.0 Å². The number of pyridine rings is 3. The lowest BCUT2D eigenvalue weighted by Gasteiger charge is -2.29. The molecule has 5 heteroatoms. The second kappa shape index (κ2) is 6.89. The summed E-state index contributed by atoms with van der Waals surface area (Å²) in [5.74, 6) is 0. The average molecular weight is 294 g/mol. The molecule has 0 amide bonds. The van der Waals surface area contributed by atoms with E-state index < -0.39 is 5.41 Å². The fourth-order valence-corrected chi connectivity index (χ4v) is 2.62. The normalized spacial score (nSPS) is 10.8. The first-order chi connectivity index (χ1) is 10.4. The van der Waals surface area contributed by atoms with Crippen LogP contribution in [0.4, 0.5) is 0 Å². The summed E-state index contributed by atoms with van der Waals surface area (Å²) in [4.78, 5) is 13.7. The summed E-state index contributed by atoms with van der Waals surface area (Å²) in [6, 6.07) is 17.7. The number of nitrogens with zero attached hydrogens (tertiary/aromatic N) is 3. The van der Waals surface area contributed by atoms with Crippen LogP contribution in [0.25, 0.3) is 0 Å². The second-order valence-electron chi connectivity index (χ2n) is 4.80. The van der Waals surface area contributed by atoms with Gasteiger partial charge in [-0.15, -0.1) is 0 Å². The highest BCUT2D eigenvalue weighted by Gasteiger charge is 2.41. The van der Waals surface area contributed by atoms with E-state index in [2.05, 4.69) is 20.7 Å². The zero-order valence-corrected chi connectivity index (χ0v) is 12.1. The van der Waals surface area contributed by atoms with Gasteiger partial charge in [-0.1, -0.05) is 18.2 Å². The third kappa shape index (κ3) is 2.59. The van der Waals surface area contributed by atoms with Crippen molar-refractivity contribution in [3.63, 3.8) is 0 Å². The SMILES string of the molecule is [NH3+]CC(c1ccccn1)(c1ccccn1)c1ccccn1.[OH-]. The monoisotopic (exact) mass is 294 g/mol. The van der Waals surface area contributed by atoms with Crippen LogP contribution in [0.15, 0.2) is 73.2 Å². The van der Waals surface area contributed by atoms with Gasteiger partial charge in [-0.3, -0.25) is 15.0 Å². The second-order valence-corrected chi connectivity index (χ2v) is 4.80. The van der Waals surface area contributed by atoms with Gasteiger partial charge in [0.1, 0.15) is 5.41 Å². The van der Waals surface area contributed by atoms with Crippen molar-refractivity contribution in [2.75, 3.05) is 6.54 Å². The van der Waals surface area contributed by atoms with E-state index in [1.54, 1.807) is 18.6 Å². The van der Waals surface area contributed by atoms with E-state index in [4.69, 9.17) is 0 Å². The molecule has 3 rings (SSSR count). The summed E-state index contributed by atoms with van der Waals surface area (Å²) in [5.41, 5.74) is 6.39. The van der Waals surface area contributed by atoms with Crippen LogP contribution >= 0.6 is 0 Å². The Hall–Kier alpha value is -2.63. The summed E-state index contributed by atoms with van der Waals surface area (Å²) in [6.07, 6.45) is 5.39. The minimum atomic E-state index is -0.524. The van der Waals surface area contributed by atoms with E-state index in [1.807, 2.05) is 54.6 Å². The zero-order chi connectivity index (χ0) is 14.5. The molecule has 0 aliphatic heterocycles. The Balaban J connectivity index is 0.00000176. The maximum atomic E-state index is 4.55. The first-order valence-corrected chi connectivity index (χ1v) is 6.91. The Kier molecular flexibility index (Phi) is 4.93. The van der Waals surface area contributed by atoms with Gasteiger partial charge in [0.05, 0.1) is 23.6 Å². The number of rotatable bonds is 4. The minimum Gasteiger partial charge on any atom is -0.870 e. The Labute approximate surface area is 129 Å². The number of aromatic nitrogens is 3. The first-order valence-electron chi connectivity index (χ1n) is 6.91. The molecule has 5 nitrogen and oxygen atoms in total. The van der Waals surface area contributed by atoms with Crippen LogP contribution in [0.2, 0.25) is 0 Å². The van der Waals surface area contributed by atoms with Crippen molar-refractivity contribution in [1.29, 1.82) is 0 Å². The van der Waals surface area contributed by atoms with Gasteiger partial charge in [0, 0.05) is 18.6 Å². The van der Waals surface area contributed by atoms with Crippen LogP contribution in [0.3, 0.4) is 0 Å². The predicted octanol–water partition coefficient (Wildman–Crippen LogP) is 1.27. The molecule has 0 bridgehead atoms. The molecule has 0 aliphatic carbocycles. The summed E-state index contributed by atoms with van der Waals surface area (Å²) in [5, 5.41) is 0. The molecule has 0 saturated carbocycles. The molecule has 0 aromatic carbocycles. The van der Waals surface area contributed by atoms with Crippen molar-refractivity contribution in [2.24, 2.45) is 0 Å². The fourth-order valence-electron chi connectivity index (χ4n) is 2.62. The number of hydrogen-bond acceptors (Lipinski definition) is 4. The molecule has 0 fully saturated rings. The van der Waals surface area contributed by atoms with Crippen molar-refractivity contribution in [3.8, 4) is 0 Å². The standard InChI is InChI=1S/C17H16N4.H2O/c18-13-17(14-7-1-4-10-19-14,15-8-2-5-11-20-15)16-9-3-6-12-21-16;/h1-12H,13,18H2;1H2. The lowest BCUT2D eigenvalue weighted by atomic mass is 9.77. The van der Waals surface area contributed by atoms with Crippen LogP contribution in [0, 0.1) is 0 Å². The Morgan fingerprint density at radius 2 is 1.05 bits per heavy atom. The molecular weight excluding hydrogens is 276 g/mol. The molecule has 0 aliphatic rings. The van der Waals surface area contributed by atoms with Gasteiger partial charge in [-0.25, -0.2) is 0 Å². The Bertz CT molecular complexity index is 593. The first kappa shape index (κ1) is 15.8. The van der Waals surface area contributed by atoms with Crippen LogP contribution in [0.5, 0.6) is 0 Å². The zero-order valence-electron chi connectivity index (χ0n) is 12.1. The number of quaternary nitrogens is 1. The molecule has 112 valence electrons. The molecule has 3 aromatic heterocycles. The maximum absolute atomic E-state index is 4.55. The van der Waals surface area contributed by atoms with Crippen molar-refractivity contribution in [2.45, 2.75) is 5.41 Å². The molecule has 3 heterocycles. The van der Waals surface area contributed by atoms with E-state index in [1.165, 1.54) is 0 Å². The molecule has 0 unspecified atom stereocenters. The van der Waals surface area contributed by atoms with Crippen LogP contribution < -0.4 is 5.73 Å².